The lowest BCUT2D eigenvalue weighted by atomic mass is 9.84. The van der Waals surface area contributed by atoms with Crippen molar-refractivity contribution in [3.8, 4) is 0 Å². The third-order valence-corrected chi connectivity index (χ3v) is 4.68. The second-order valence-corrected chi connectivity index (χ2v) is 6.15. The van der Waals surface area contributed by atoms with Crippen LogP contribution in [0.15, 0.2) is 4.99 Å². The van der Waals surface area contributed by atoms with Crippen molar-refractivity contribution in [2.75, 3.05) is 53.0 Å². The normalized spacial score (nSPS) is 23.8. The van der Waals surface area contributed by atoms with Crippen LogP contribution < -0.4 is 10.6 Å². The second kappa shape index (κ2) is 10.0. The minimum absolute atomic E-state index is 0.0386. The van der Waals surface area contributed by atoms with E-state index in [4.69, 9.17) is 4.74 Å². The van der Waals surface area contributed by atoms with Crippen LogP contribution in [0.4, 0.5) is 0 Å². The van der Waals surface area contributed by atoms with E-state index in [9.17, 15) is 5.11 Å². The van der Waals surface area contributed by atoms with E-state index >= 15 is 0 Å². The van der Waals surface area contributed by atoms with Crippen molar-refractivity contribution in [2.24, 2.45) is 10.4 Å². The van der Waals surface area contributed by atoms with Gasteiger partial charge in [-0.05, 0) is 32.9 Å². The highest BCUT2D eigenvalue weighted by molar-refractivity contribution is 5.79. The molecule has 1 heterocycles. The number of likely N-dealkylation sites (N-methyl/N-ethyl adjacent to an activating group) is 1. The van der Waals surface area contributed by atoms with Crippen molar-refractivity contribution in [2.45, 2.75) is 39.7 Å². The van der Waals surface area contributed by atoms with Crippen LogP contribution in [0.3, 0.4) is 0 Å². The summed E-state index contributed by atoms with van der Waals surface area (Å²) in [6, 6.07) is 0.467. The summed E-state index contributed by atoms with van der Waals surface area (Å²) in [6.45, 7) is 12.1. The molecule has 1 aliphatic rings. The summed E-state index contributed by atoms with van der Waals surface area (Å²) in [5, 5.41) is 16.1. The van der Waals surface area contributed by atoms with Crippen LogP contribution in [0.5, 0.6) is 0 Å². The van der Waals surface area contributed by atoms with Gasteiger partial charge in [-0.25, -0.2) is 0 Å². The summed E-state index contributed by atoms with van der Waals surface area (Å²) in [4.78, 5) is 6.71. The fraction of sp³-hybridized carbons (Fsp3) is 0.938. The molecule has 2 atom stereocenters. The largest absolute Gasteiger partial charge is 0.396 e. The molecule has 6 heteroatoms. The van der Waals surface area contributed by atoms with Crippen molar-refractivity contribution in [3.63, 3.8) is 0 Å². The van der Waals surface area contributed by atoms with Gasteiger partial charge in [0.2, 0.25) is 0 Å². The number of guanidine groups is 1. The number of nitrogens with zero attached hydrogens (tertiary/aromatic N) is 2. The molecule has 3 N–H and O–H groups in total. The third kappa shape index (κ3) is 5.74. The summed E-state index contributed by atoms with van der Waals surface area (Å²) >= 11 is 0. The highest BCUT2D eigenvalue weighted by Gasteiger charge is 2.34. The van der Waals surface area contributed by atoms with Gasteiger partial charge < -0.3 is 20.5 Å². The molecule has 2 unspecified atom stereocenters. The van der Waals surface area contributed by atoms with Crippen molar-refractivity contribution in [1.82, 2.24) is 15.5 Å². The molecule has 6 nitrogen and oxygen atoms in total. The Hall–Kier alpha value is -0.850. The van der Waals surface area contributed by atoms with Crippen molar-refractivity contribution in [1.29, 1.82) is 0 Å². The second-order valence-electron chi connectivity index (χ2n) is 6.15. The molecule has 0 amide bonds. The van der Waals surface area contributed by atoms with Crippen LogP contribution in [0, 0.1) is 5.41 Å². The maximum atomic E-state index is 9.27. The van der Waals surface area contributed by atoms with Crippen LogP contribution >= 0.6 is 0 Å². The van der Waals surface area contributed by atoms with Gasteiger partial charge in [-0.3, -0.25) is 9.89 Å². The van der Waals surface area contributed by atoms with E-state index in [1.165, 1.54) is 0 Å². The van der Waals surface area contributed by atoms with Crippen LogP contribution in [-0.4, -0.2) is 75.1 Å². The number of hydrogen-bond acceptors (Lipinski definition) is 4. The first-order valence-corrected chi connectivity index (χ1v) is 8.48. The van der Waals surface area contributed by atoms with Crippen molar-refractivity contribution >= 4 is 5.96 Å². The molecule has 0 aromatic rings. The van der Waals surface area contributed by atoms with Gasteiger partial charge in [0.1, 0.15) is 0 Å². The van der Waals surface area contributed by atoms with E-state index in [-0.39, 0.29) is 12.0 Å². The number of aliphatic hydroxyl groups is 1. The molecule has 0 bridgehead atoms. The molecule has 1 aliphatic heterocycles. The van der Waals surface area contributed by atoms with Gasteiger partial charge in [-0.2, -0.15) is 0 Å². The highest BCUT2D eigenvalue weighted by Crippen LogP contribution is 2.31. The van der Waals surface area contributed by atoms with E-state index < -0.39 is 0 Å². The Morgan fingerprint density at radius 2 is 2.09 bits per heavy atom. The van der Waals surface area contributed by atoms with E-state index in [1.807, 2.05) is 0 Å². The van der Waals surface area contributed by atoms with Crippen LogP contribution in [0.25, 0.3) is 0 Å². The Morgan fingerprint density at radius 3 is 2.59 bits per heavy atom. The lowest BCUT2D eigenvalue weighted by Gasteiger charge is -2.29. The predicted octanol–water partition coefficient (Wildman–Crippen LogP) is 0.671. The zero-order valence-electron chi connectivity index (χ0n) is 14.7. The summed E-state index contributed by atoms with van der Waals surface area (Å²) in [5.74, 6) is 0.822. The Bertz CT molecular complexity index is 326. The number of nitrogens with one attached hydrogen (secondary N) is 2. The highest BCUT2D eigenvalue weighted by atomic mass is 16.5. The van der Waals surface area contributed by atoms with Gasteiger partial charge in [0.15, 0.2) is 5.96 Å². The molecule has 0 radical (unpaired) electrons. The van der Waals surface area contributed by atoms with E-state index in [2.05, 4.69) is 41.3 Å². The monoisotopic (exact) mass is 314 g/mol. The number of aliphatic hydroxyl groups excluding tert-OH is 1. The van der Waals surface area contributed by atoms with Crippen molar-refractivity contribution in [3.05, 3.63) is 0 Å². The first-order valence-electron chi connectivity index (χ1n) is 8.48. The molecule has 0 aromatic heterocycles. The zero-order chi connectivity index (χ0) is 16.4. The van der Waals surface area contributed by atoms with E-state index in [1.54, 1.807) is 7.05 Å². The predicted molar refractivity (Wildman–Crippen MR) is 91.3 cm³/mol. The van der Waals surface area contributed by atoms with Crippen LogP contribution in [-0.2, 0) is 4.74 Å². The van der Waals surface area contributed by atoms with Crippen LogP contribution in [0.2, 0.25) is 0 Å². The number of aliphatic imine (C=N–C) groups is 1. The Morgan fingerprint density at radius 1 is 1.36 bits per heavy atom. The topological polar surface area (TPSA) is 69.1 Å². The lowest BCUT2D eigenvalue weighted by Crippen LogP contribution is -2.48. The molecule has 0 aromatic carbocycles. The first-order chi connectivity index (χ1) is 10.6. The molecule has 0 saturated carbocycles. The molecule has 22 heavy (non-hydrogen) atoms. The molecule has 1 rings (SSSR count). The standard InChI is InChI=1S/C16H34N4O2/c1-5-20(6-2)14(3)11-18-15(17-4)19-12-16(7-9-21)8-10-22-13-16/h14,21H,5-13H2,1-4H3,(H2,17,18,19). The summed E-state index contributed by atoms with van der Waals surface area (Å²) in [5.41, 5.74) is 0.0386. The Balaban J connectivity index is 2.42. The van der Waals surface area contributed by atoms with Gasteiger partial charge in [0.25, 0.3) is 0 Å². The molecular weight excluding hydrogens is 280 g/mol. The molecular formula is C16H34N4O2. The quantitative estimate of drug-likeness (QED) is 0.431. The smallest absolute Gasteiger partial charge is 0.191 e. The van der Waals surface area contributed by atoms with Crippen LogP contribution in [0.1, 0.15) is 33.6 Å². The summed E-state index contributed by atoms with van der Waals surface area (Å²) in [6.07, 6.45) is 1.76. The first kappa shape index (κ1) is 19.2. The zero-order valence-corrected chi connectivity index (χ0v) is 14.7. The fourth-order valence-electron chi connectivity index (χ4n) is 3.02. The average molecular weight is 314 g/mol. The number of rotatable bonds is 9. The minimum Gasteiger partial charge on any atom is -0.396 e. The van der Waals surface area contributed by atoms with E-state index in [0.29, 0.717) is 12.6 Å². The molecule has 1 fully saturated rings. The lowest BCUT2D eigenvalue weighted by molar-refractivity contribution is 0.127. The minimum atomic E-state index is 0.0386. The Labute approximate surface area is 135 Å². The van der Waals surface area contributed by atoms with E-state index in [0.717, 1.165) is 51.6 Å². The molecule has 130 valence electrons. The van der Waals surface area contributed by atoms with Gasteiger partial charge in [0, 0.05) is 44.8 Å². The number of hydrogen-bond donors (Lipinski definition) is 3. The number of ether oxygens (including phenoxy) is 1. The van der Waals surface area contributed by atoms with Gasteiger partial charge in [-0.1, -0.05) is 13.8 Å². The SMILES string of the molecule is CCN(CC)C(C)CNC(=NC)NCC1(CCO)CCOC1. The van der Waals surface area contributed by atoms with Gasteiger partial charge >= 0.3 is 0 Å². The fourth-order valence-corrected chi connectivity index (χ4v) is 3.02. The third-order valence-electron chi connectivity index (χ3n) is 4.68. The maximum Gasteiger partial charge on any atom is 0.191 e. The maximum absolute atomic E-state index is 9.27. The molecule has 0 spiro atoms. The average Bonchev–Trinajstić information content (AvgIpc) is 2.98. The Kier molecular flexibility index (Phi) is 8.75. The summed E-state index contributed by atoms with van der Waals surface area (Å²) in [7, 11) is 1.79. The molecule has 0 aliphatic carbocycles. The molecule has 1 saturated heterocycles. The summed E-state index contributed by atoms with van der Waals surface area (Å²) < 4.78 is 5.52. The van der Waals surface area contributed by atoms with Gasteiger partial charge in [0.05, 0.1) is 6.61 Å². The van der Waals surface area contributed by atoms with Crippen molar-refractivity contribution < 1.29 is 9.84 Å². The van der Waals surface area contributed by atoms with Gasteiger partial charge in [-0.15, -0.1) is 0 Å².